The summed E-state index contributed by atoms with van der Waals surface area (Å²) in [5, 5.41) is 2.86. The van der Waals surface area contributed by atoms with Crippen molar-refractivity contribution in [3.05, 3.63) is 47.8 Å². The van der Waals surface area contributed by atoms with Gasteiger partial charge in [-0.3, -0.25) is 14.6 Å². The highest BCUT2D eigenvalue weighted by Gasteiger charge is 2.35. The second kappa shape index (κ2) is 9.51. The Hall–Kier alpha value is -2.94. The summed E-state index contributed by atoms with van der Waals surface area (Å²) in [6, 6.07) is 8.14. The fourth-order valence-corrected chi connectivity index (χ4v) is 4.18. The summed E-state index contributed by atoms with van der Waals surface area (Å²) in [7, 11) is 4.48. The van der Waals surface area contributed by atoms with Crippen LogP contribution in [0.3, 0.4) is 0 Å². The molecule has 1 aliphatic rings. The first kappa shape index (κ1) is 20.8. The van der Waals surface area contributed by atoms with E-state index < -0.39 is 6.04 Å². The molecular weight excluding hydrogens is 394 g/mol. The van der Waals surface area contributed by atoms with Gasteiger partial charge in [0.1, 0.15) is 6.04 Å². The predicted octanol–water partition coefficient (Wildman–Crippen LogP) is 1.94. The van der Waals surface area contributed by atoms with Crippen LogP contribution in [0.25, 0.3) is 0 Å². The number of thioether (sulfide) groups is 1. The molecule has 0 radical (unpaired) electrons. The number of carbonyl (C=O) groups excluding carboxylic acids is 2. The summed E-state index contributed by atoms with van der Waals surface area (Å²) in [5.41, 5.74) is 1.12. The molecule has 9 heteroatoms. The molecular formula is C20H23N3O5S. The minimum atomic E-state index is -0.560. The van der Waals surface area contributed by atoms with Crippen molar-refractivity contribution in [1.82, 2.24) is 15.2 Å². The number of carbonyl (C=O) groups is 2. The zero-order chi connectivity index (χ0) is 20.8. The molecule has 3 rings (SSSR count). The number of nitrogens with one attached hydrogen (secondary N) is 1. The Morgan fingerprint density at radius 1 is 1.17 bits per heavy atom. The van der Waals surface area contributed by atoms with Crippen LogP contribution >= 0.6 is 11.8 Å². The summed E-state index contributed by atoms with van der Waals surface area (Å²) in [6.07, 6.45) is 1.67. The molecule has 1 N–H and O–H groups in total. The minimum Gasteiger partial charge on any atom is -0.493 e. The van der Waals surface area contributed by atoms with E-state index in [-0.39, 0.29) is 11.8 Å². The number of methoxy groups -OCH3 is 3. The zero-order valence-electron chi connectivity index (χ0n) is 16.5. The van der Waals surface area contributed by atoms with Crippen LogP contribution in [0.5, 0.6) is 17.2 Å². The molecule has 0 bridgehead atoms. The summed E-state index contributed by atoms with van der Waals surface area (Å²) < 4.78 is 16.0. The summed E-state index contributed by atoms with van der Waals surface area (Å²) in [4.78, 5) is 31.6. The highest BCUT2D eigenvalue weighted by molar-refractivity contribution is 7.99. The van der Waals surface area contributed by atoms with E-state index in [1.54, 1.807) is 23.2 Å². The Labute approximate surface area is 173 Å². The Morgan fingerprint density at radius 2 is 1.90 bits per heavy atom. The maximum absolute atomic E-state index is 13.1. The van der Waals surface area contributed by atoms with Gasteiger partial charge in [-0.15, -0.1) is 11.8 Å². The van der Waals surface area contributed by atoms with Crippen LogP contribution in [0.15, 0.2) is 36.5 Å². The van der Waals surface area contributed by atoms with E-state index >= 15 is 0 Å². The standard InChI is InChI=1S/C20H23N3O5S/c1-26-16-8-13(9-17(27-2)18(16)28-3)20(25)23-12-29-11-15(23)19(24)22-10-14-6-4-5-7-21-14/h4-9,15H,10-12H2,1-3H3,(H,22,24)/t15-/m0/s1. The fraction of sp³-hybridized carbons (Fsp3) is 0.350. The SMILES string of the molecule is COc1cc(C(=O)N2CSC[C@H]2C(=O)NCc2ccccn2)cc(OC)c1OC. The molecule has 1 fully saturated rings. The van der Waals surface area contributed by atoms with Gasteiger partial charge < -0.3 is 24.4 Å². The highest BCUT2D eigenvalue weighted by atomic mass is 32.2. The van der Waals surface area contributed by atoms with Crippen molar-refractivity contribution in [2.45, 2.75) is 12.6 Å². The molecule has 8 nitrogen and oxygen atoms in total. The molecule has 1 aromatic heterocycles. The van der Waals surface area contributed by atoms with E-state index in [4.69, 9.17) is 14.2 Å². The molecule has 2 heterocycles. The lowest BCUT2D eigenvalue weighted by atomic mass is 10.1. The molecule has 29 heavy (non-hydrogen) atoms. The largest absolute Gasteiger partial charge is 0.493 e. The Bertz CT molecular complexity index is 853. The monoisotopic (exact) mass is 417 g/mol. The van der Waals surface area contributed by atoms with Crippen molar-refractivity contribution in [1.29, 1.82) is 0 Å². The van der Waals surface area contributed by atoms with E-state index in [0.717, 1.165) is 5.69 Å². The molecule has 1 aromatic carbocycles. The van der Waals surface area contributed by atoms with E-state index in [0.29, 0.717) is 41.0 Å². The van der Waals surface area contributed by atoms with Gasteiger partial charge >= 0.3 is 0 Å². The summed E-state index contributed by atoms with van der Waals surface area (Å²) in [5.74, 6) is 1.67. The van der Waals surface area contributed by atoms with Gasteiger partial charge in [0.05, 0.1) is 39.4 Å². The first-order chi connectivity index (χ1) is 14.1. The number of amides is 2. The second-order valence-electron chi connectivity index (χ2n) is 6.24. The quantitative estimate of drug-likeness (QED) is 0.736. The van der Waals surface area contributed by atoms with Gasteiger partial charge in [0, 0.05) is 17.5 Å². The normalized spacial score (nSPS) is 15.7. The van der Waals surface area contributed by atoms with E-state index in [9.17, 15) is 9.59 Å². The van der Waals surface area contributed by atoms with Gasteiger partial charge in [0.2, 0.25) is 11.7 Å². The number of ether oxygens (including phenoxy) is 3. The first-order valence-corrected chi connectivity index (χ1v) is 10.1. The van der Waals surface area contributed by atoms with Gasteiger partial charge in [-0.1, -0.05) is 6.07 Å². The van der Waals surface area contributed by atoms with E-state index in [2.05, 4.69) is 10.3 Å². The maximum Gasteiger partial charge on any atom is 0.255 e. The number of nitrogens with zero attached hydrogens (tertiary/aromatic N) is 2. The number of benzene rings is 1. The fourth-order valence-electron chi connectivity index (χ4n) is 3.03. The molecule has 0 spiro atoms. The summed E-state index contributed by atoms with van der Waals surface area (Å²) in [6.45, 7) is 0.313. The van der Waals surface area contributed by atoms with Crippen LogP contribution < -0.4 is 19.5 Å². The van der Waals surface area contributed by atoms with Crippen molar-refractivity contribution in [2.75, 3.05) is 33.0 Å². The lowest BCUT2D eigenvalue weighted by Crippen LogP contribution is -2.47. The van der Waals surface area contributed by atoms with Crippen LogP contribution in [0, 0.1) is 0 Å². The number of pyridine rings is 1. The average Bonchev–Trinajstić information content (AvgIpc) is 3.26. The smallest absolute Gasteiger partial charge is 0.255 e. The number of hydrogen-bond acceptors (Lipinski definition) is 7. The molecule has 1 atom stereocenters. The molecule has 1 aliphatic heterocycles. The zero-order valence-corrected chi connectivity index (χ0v) is 17.3. The highest BCUT2D eigenvalue weighted by Crippen LogP contribution is 2.39. The van der Waals surface area contributed by atoms with Crippen molar-refractivity contribution in [3.63, 3.8) is 0 Å². The van der Waals surface area contributed by atoms with E-state index in [1.165, 1.54) is 33.1 Å². The first-order valence-electron chi connectivity index (χ1n) is 8.95. The van der Waals surface area contributed by atoms with Gasteiger partial charge in [-0.25, -0.2) is 0 Å². The van der Waals surface area contributed by atoms with Gasteiger partial charge in [0.25, 0.3) is 5.91 Å². The Morgan fingerprint density at radius 3 is 2.48 bits per heavy atom. The van der Waals surface area contributed by atoms with Crippen LogP contribution in [-0.2, 0) is 11.3 Å². The molecule has 154 valence electrons. The predicted molar refractivity (Wildman–Crippen MR) is 109 cm³/mol. The van der Waals surface area contributed by atoms with Crippen molar-refractivity contribution in [3.8, 4) is 17.2 Å². The molecule has 0 aliphatic carbocycles. The van der Waals surface area contributed by atoms with Crippen molar-refractivity contribution >= 4 is 23.6 Å². The van der Waals surface area contributed by atoms with Crippen LogP contribution in [0.1, 0.15) is 16.1 Å². The lowest BCUT2D eigenvalue weighted by Gasteiger charge is -2.24. The molecule has 2 amide bonds. The summed E-state index contributed by atoms with van der Waals surface area (Å²) >= 11 is 1.53. The number of rotatable bonds is 7. The average molecular weight is 417 g/mol. The number of aromatic nitrogens is 1. The van der Waals surface area contributed by atoms with Gasteiger partial charge in [-0.2, -0.15) is 0 Å². The second-order valence-corrected chi connectivity index (χ2v) is 7.24. The van der Waals surface area contributed by atoms with Gasteiger partial charge in [-0.05, 0) is 24.3 Å². The third-order valence-corrected chi connectivity index (χ3v) is 5.54. The number of hydrogen-bond donors (Lipinski definition) is 1. The maximum atomic E-state index is 13.1. The minimum absolute atomic E-state index is 0.207. The van der Waals surface area contributed by atoms with E-state index in [1.807, 2.05) is 18.2 Å². The molecule has 0 unspecified atom stereocenters. The third kappa shape index (κ3) is 4.56. The van der Waals surface area contributed by atoms with Crippen molar-refractivity contribution in [2.24, 2.45) is 0 Å². The van der Waals surface area contributed by atoms with Gasteiger partial charge in [0.15, 0.2) is 11.5 Å². The topological polar surface area (TPSA) is 90.0 Å². The molecule has 1 saturated heterocycles. The lowest BCUT2D eigenvalue weighted by molar-refractivity contribution is -0.124. The molecule has 2 aromatic rings. The van der Waals surface area contributed by atoms with Crippen LogP contribution in [0.4, 0.5) is 0 Å². The van der Waals surface area contributed by atoms with Crippen LogP contribution in [-0.4, -0.2) is 60.7 Å². The molecule has 0 saturated carbocycles. The Balaban J connectivity index is 1.76. The Kier molecular flexibility index (Phi) is 6.82. The van der Waals surface area contributed by atoms with Crippen LogP contribution in [0.2, 0.25) is 0 Å². The third-order valence-electron chi connectivity index (χ3n) is 4.53. The van der Waals surface area contributed by atoms with Crippen molar-refractivity contribution < 1.29 is 23.8 Å².